The Kier molecular flexibility index (Phi) is 4.84. The van der Waals surface area contributed by atoms with Crippen LogP contribution in [0.25, 0.3) is 11.1 Å². The van der Waals surface area contributed by atoms with Gasteiger partial charge in [0.2, 0.25) is 5.95 Å². The van der Waals surface area contributed by atoms with E-state index in [-0.39, 0.29) is 18.1 Å². The molecule has 25 heavy (non-hydrogen) atoms. The second kappa shape index (κ2) is 7.39. The summed E-state index contributed by atoms with van der Waals surface area (Å²) >= 11 is 0. The Hall–Kier alpha value is -3.48. The minimum atomic E-state index is -0.690. The highest BCUT2D eigenvalue weighted by atomic mass is 16.5. The Labute approximate surface area is 143 Å². The van der Waals surface area contributed by atoms with Crippen LogP contribution in [0.3, 0.4) is 0 Å². The molecule has 7 heteroatoms. The number of H-pyrrole nitrogens is 1. The summed E-state index contributed by atoms with van der Waals surface area (Å²) in [5, 5.41) is 2.99. The van der Waals surface area contributed by atoms with Crippen molar-refractivity contribution in [1.29, 1.82) is 0 Å². The zero-order valence-electron chi connectivity index (χ0n) is 13.5. The van der Waals surface area contributed by atoms with Gasteiger partial charge in [-0.05, 0) is 42.3 Å². The van der Waals surface area contributed by atoms with E-state index in [1.54, 1.807) is 19.3 Å². The number of esters is 1. The van der Waals surface area contributed by atoms with Gasteiger partial charge in [0.15, 0.2) is 0 Å². The maximum absolute atomic E-state index is 11.9. The molecule has 0 radical (unpaired) electrons. The van der Waals surface area contributed by atoms with Crippen molar-refractivity contribution in [3.63, 3.8) is 0 Å². The molecule has 1 aromatic carbocycles. The van der Waals surface area contributed by atoms with Gasteiger partial charge >= 0.3 is 5.97 Å². The molecule has 0 saturated carbocycles. The molecule has 7 nitrogen and oxygen atoms in total. The lowest BCUT2D eigenvalue weighted by atomic mass is 10.1. The van der Waals surface area contributed by atoms with Crippen molar-refractivity contribution in [3.8, 4) is 11.1 Å². The van der Waals surface area contributed by atoms with Crippen molar-refractivity contribution in [2.45, 2.75) is 6.92 Å². The summed E-state index contributed by atoms with van der Waals surface area (Å²) < 4.78 is 4.80. The fourth-order valence-corrected chi connectivity index (χ4v) is 2.24. The summed E-state index contributed by atoms with van der Waals surface area (Å²) in [7, 11) is 0. The Balaban J connectivity index is 1.75. The highest BCUT2D eigenvalue weighted by molar-refractivity contribution is 5.88. The molecule has 0 aliphatic heterocycles. The molecule has 2 aromatic heterocycles. The minimum Gasteiger partial charge on any atom is -0.462 e. The van der Waals surface area contributed by atoms with Crippen LogP contribution in [0.4, 0.5) is 11.6 Å². The van der Waals surface area contributed by atoms with E-state index in [0.29, 0.717) is 0 Å². The smallest absolute Gasteiger partial charge is 0.345 e. The number of aromatic amines is 1. The zero-order valence-corrected chi connectivity index (χ0v) is 13.5. The molecule has 0 aliphatic carbocycles. The van der Waals surface area contributed by atoms with E-state index < -0.39 is 11.5 Å². The number of anilines is 2. The monoisotopic (exact) mass is 336 g/mol. The van der Waals surface area contributed by atoms with E-state index in [9.17, 15) is 9.59 Å². The molecule has 2 heterocycles. The standard InChI is InChI=1S/C18H16N4O3/c1-2-25-17(24)15-11-20-18(22-16(15)23)21-14-5-3-12(4-6-14)13-7-9-19-10-8-13/h3-11H,2H2,1H3,(H2,20,21,22,23). The summed E-state index contributed by atoms with van der Waals surface area (Å²) in [6, 6.07) is 11.5. The molecule has 0 aliphatic rings. The van der Waals surface area contributed by atoms with E-state index in [1.165, 1.54) is 6.20 Å². The van der Waals surface area contributed by atoms with Gasteiger partial charge in [0.25, 0.3) is 5.56 Å². The summed E-state index contributed by atoms with van der Waals surface area (Å²) in [5.74, 6) is -0.445. The lowest BCUT2D eigenvalue weighted by Crippen LogP contribution is -2.21. The fraction of sp³-hybridized carbons (Fsp3) is 0.111. The number of nitrogens with zero attached hydrogens (tertiary/aromatic N) is 2. The number of nitrogens with one attached hydrogen (secondary N) is 2. The van der Waals surface area contributed by atoms with Crippen molar-refractivity contribution in [2.24, 2.45) is 0 Å². The van der Waals surface area contributed by atoms with Crippen molar-refractivity contribution >= 4 is 17.6 Å². The molecule has 0 amide bonds. The molecule has 3 aromatic rings. The van der Waals surface area contributed by atoms with Crippen LogP contribution in [0, 0.1) is 0 Å². The van der Waals surface area contributed by atoms with Crippen LogP contribution in [-0.4, -0.2) is 27.5 Å². The first-order chi connectivity index (χ1) is 12.2. The van der Waals surface area contributed by atoms with E-state index in [1.807, 2.05) is 36.4 Å². The Bertz CT molecular complexity index is 921. The molecular weight excluding hydrogens is 320 g/mol. The van der Waals surface area contributed by atoms with E-state index in [0.717, 1.165) is 16.8 Å². The van der Waals surface area contributed by atoms with Gasteiger partial charge in [-0.15, -0.1) is 0 Å². The number of rotatable bonds is 5. The van der Waals surface area contributed by atoms with Gasteiger partial charge in [-0.3, -0.25) is 14.8 Å². The molecule has 0 fully saturated rings. The number of ether oxygens (including phenoxy) is 1. The largest absolute Gasteiger partial charge is 0.462 e. The number of aromatic nitrogens is 3. The lowest BCUT2D eigenvalue weighted by molar-refractivity contribution is 0.0524. The third-order valence-electron chi connectivity index (χ3n) is 3.46. The quantitative estimate of drug-likeness (QED) is 0.695. The zero-order chi connectivity index (χ0) is 17.6. The van der Waals surface area contributed by atoms with Gasteiger partial charge < -0.3 is 10.1 Å². The van der Waals surface area contributed by atoms with Crippen LogP contribution in [0.1, 0.15) is 17.3 Å². The van der Waals surface area contributed by atoms with Gasteiger partial charge in [-0.2, -0.15) is 0 Å². The Morgan fingerprint density at radius 3 is 2.44 bits per heavy atom. The van der Waals surface area contributed by atoms with E-state index in [2.05, 4.69) is 20.3 Å². The molecule has 126 valence electrons. The normalized spacial score (nSPS) is 10.3. The number of carbonyl (C=O) groups excluding carboxylic acids is 1. The van der Waals surface area contributed by atoms with Crippen molar-refractivity contribution < 1.29 is 9.53 Å². The molecule has 2 N–H and O–H groups in total. The highest BCUT2D eigenvalue weighted by Crippen LogP contribution is 2.21. The van der Waals surface area contributed by atoms with Crippen LogP contribution in [0.2, 0.25) is 0 Å². The van der Waals surface area contributed by atoms with Crippen molar-refractivity contribution in [3.05, 3.63) is 70.9 Å². The topological polar surface area (TPSA) is 97.0 Å². The fourth-order valence-electron chi connectivity index (χ4n) is 2.24. The van der Waals surface area contributed by atoms with Crippen LogP contribution in [-0.2, 0) is 4.74 Å². The van der Waals surface area contributed by atoms with E-state index in [4.69, 9.17) is 4.74 Å². The predicted molar refractivity (Wildman–Crippen MR) is 93.8 cm³/mol. The predicted octanol–water partition coefficient (Wildman–Crippen LogP) is 2.75. The van der Waals surface area contributed by atoms with Crippen molar-refractivity contribution in [1.82, 2.24) is 15.0 Å². The number of hydrogen-bond acceptors (Lipinski definition) is 6. The lowest BCUT2D eigenvalue weighted by Gasteiger charge is -2.07. The second-order valence-corrected chi connectivity index (χ2v) is 5.13. The van der Waals surface area contributed by atoms with Gasteiger partial charge in [0.1, 0.15) is 5.56 Å². The highest BCUT2D eigenvalue weighted by Gasteiger charge is 2.12. The van der Waals surface area contributed by atoms with Gasteiger partial charge in [0.05, 0.1) is 12.8 Å². The average molecular weight is 336 g/mol. The third-order valence-corrected chi connectivity index (χ3v) is 3.46. The SMILES string of the molecule is CCOC(=O)c1cnc(Nc2ccc(-c3ccncc3)cc2)[nH]c1=O. The van der Waals surface area contributed by atoms with Crippen molar-refractivity contribution in [2.75, 3.05) is 11.9 Å². The number of carbonyl (C=O) groups is 1. The third kappa shape index (κ3) is 3.89. The molecule has 0 atom stereocenters. The van der Waals surface area contributed by atoms with Crippen LogP contribution in [0.15, 0.2) is 59.8 Å². The van der Waals surface area contributed by atoms with Gasteiger partial charge in [-0.1, -0.05) is 12.1 Å². The number of benzene rings is 1. The maximum atomic E-state index is 11.9. The summed E-state index contributed by atoms with van der Waals surface area (Å²) in [4.78, 5) is 34.1. The van der Waals surface area contributed by atoms with Crippen LogP contribution >= 0.6 is 0 Å². The Morgan fingerprint density at radius 1 is 1.12 bits per heavy atom. The maximum Gasteiger partial charge on any atom is 0.345 e. The van der Waals surface area contributed by atoms with E-state index >= 15 is 0 Å². The summed E-state index contributed by atoms with van der Waals surface area (Å²) in [6.45, 7) is 1.87. The molecule has 0 spiro atoms. The first kappa shape index (κ1) is 16.4. The number of pyridine rings is 1. The minimum absolute atomic E-state index is 0.125. The molecule has 3 rings (SSSR count). The summed E-state index contributed by atoms with van der Waals surface area (Å²) in [6.07, 6.45) is 4.67. The van der Waals surface area contributed by atoms with Crippen LogP contribution in [0.5, 0.6) is 0 Å². The van der Waals surface area contributed by atoms with Gasteiger partial charge in [0, 0.05) is 18.1 Å². The number of hydrogen-bond donors (Lipinski definition) is 2. The van der Waals surface area contributed by atoms with Gasteiger partial charge in [-0.25, -0.2) is 9.78 Å². The first-order valence-electron chi connectivity index (χ1n) is 7.71. The molecular formula is C18H16N4O3. The first-order valence-corrected chi connectivity index (χ1v) is 7.71. The molecule has 0 unspecified atom stereocenters. The Morgan fingerprint density at radius 2 is 1.80 bits per heavy atom. The average Bonchev–Trinajstić information content (AvgIpc) is 2.63. The second-order valence-electron chi connectivity index (χ2n) is 5.13. The molecule has 0 bridgehead atoms. The molecule has 0 saturated heterocycles. The summed E-state index contributed by atoms with van der Waals surface area (Å²) in [5.41, 5.74) is 2.19. The van der Waals surface area contributed by atoms with Crippen LogP contribution < -0.4 is 10.9 Å².